The van der Waals surface area contributed by atoms with Gasteiger partial charge in [0.2, 0.25) is 5.91 Å². The summed E-state index contributed by atoms with van der Waals surface area (Å²) in [6.07, 6.45) is 0.872. The van der Waals surface area contributed by atoms with Gasteiger partial charge >= 0.3 is 0 Å². The number of nitrogens with one attached hydrogen (secondary N) is 1. The molecule has 164 valence electrons. The van der Waals surface area contributed by atoms with Gasteiger partial charge in [-0.2, -0.15) is 0 Å². The minimum absolute atomic E-state index is 0.0759. The predicted octanol–water partition coefficient (Wildman–Crippen LogP) is 6.43. The van der Waals surface area contributed by atoms with Gasteiger partial charge in [0.05, 0.1) is 5.75 Å². The number of carbonyl (C=O) groups is 2. The average Bonchev–Trinajstić information content (AvgIpc) is 3.25. The van der Waals surface area contributed by atoms with E-state index in [2.05, 4.69) is 18.3 Å². The molecule has 0 spiro atoms. The molecule has 1 atom stereocenters. The Bertz CT molecular complexity index is 1330. The van der Waals surface area contributed by atoms with E-state index in [1.165, 1.54) is 0 Å². The van der Waals surface area contributed by atoms with Crippen molar-refractivity contribution in [3.63, 3.8) is 0 Å². The number of aryl methyl sites for hydroxylation is 1. The van der Waals surface area contributed by atoms with Crippen LogP contribution in [0.1, 0.15) is 33.8 Å². The number of benzene rings is 4. The molecule has 1 aliphatic heterocycles. The van der Waals surface area contributed by atoms with Crippen molar-refractivity contribution in [2.24, 2.45) is 0 Å². The number of fused-ring (bicyclic) bond motifs is 1. The van der Waals surface area contributed by atoms with Gasteiger partial charge in [-0.1, -0.05) is 73.7 Å². The molecule has 0 radical (unpaired) electrons. The number of amides is 2. The van der Waals surface area contributed by atoms with Crippen molar-refractivity contribution in [2.45, 2.75) is 18.7 Å². The van der Waals surface area contributed by atoms with Crippen LogP contribution >= 0.6 is 11.8 Å². The van der Waals surface area contributed by atoms with Crippen LogP contribution in [0, 0.1) is 0 Å². The molecular formula is C28H24N2O2S. The Morgan fingerprint density at radius 3 is 2.48 bits per heavy atom. The van der Waals surface area contributed by atoms with Gasteiger partial charge in [-0.05, 0) is 52.6 Å². The molecule has 0 aromatic heterocycles. The van der Waals surface area contributed by atoms with Crippen LogP contribution in [-0.2, 0) is 11.2 Å². The number of carbonyl (C=O) groups excluding carboxylic acids is 2. The lowest BCUT2D eigenvalue weighted by Gasteiger charge is -2.26. The zero-order valence-corrected chi connectivity index (χ0v) is 19.1. The highest BCUT2D eigenvalue weighted by Crippen LogP contribution is 2.43. The first-order chi connectivity index (χ1) is 16.2. The van der Waals surface area contributed by atoms with Crippen molar-refractivity contribution in [3.8, 4) is 0 Å². The molecule has 2 amide bonds. The number of thioether (sulfide) groups is 1. The molecule has 1 fully saturated rings. The first kappa shape index (κ1) is 21.3. The maximum Gasteiger partial charge on any atom is 0.256 e. The summed E-state index contributed by atoms with van der Waals surface area (Å²) in [6, 6.07) is 29.5. The number of rotatable bonds is 5. The third-order valence-electron chi connectivity index (χ3n) is 5.99. The maximum absolute atomic E-state index is 13.0. The van der Waals surface area contributed by atoms with E-state index in [4.69, 9.17) is 0 Å². The summed E-state index contributed by atoms with van der Waals surface area (Å²) in [5.74, 6) is 0.449. The predicted molar refractivity (Wildman–Crippen MR) is 137 cm³/mol. The first-order valence-corrected chi connectivity index (χ1v) is 12.1. The van der Waals surface area contributed by atoms with Crippen molar-refractivity contribution >= 4 is 45.7 Å². The average molecular weight is 453 g/mol. The highest BCUT2D eigenvalue weighted by Gasteiger charge is 2.34. The Morgan fingerprint density at radius 1 is 0.939 bits per heavy atom. The van der Waals surface area contributed by atoms with Gasteiger partial charge in [0.25, 0.3) is 5.91 Å². The van der Waals surface area contributed by atoms with Gasteiger partial charge in [-0.25, -0.2) is 0 Å². The highest BCUT2D eigenvalue weighted by atomic mass is 32.2. The molecule has 1 aliphatic rings. The van der Waals surface area contributed by atoms with Crippen LogP contribution in [0.2, 0.25) is 0 Å². The summed E-state index contributed by atoms with van der Waals surface area (Å²) in [5.41, 5.74) is 4.56. The summed E-state index contributed by atoms with van der Waals surface area (Å²) in [7, 11) is 0. The fraction of sp³-hybridized carbons (Fsp3) is 0.143. The molecule has 4 aromatic carbocycles. The second-order valence-electron chi connectivity index (χ2n) is 8.01. The minimum Gasteiger partial charge on any atom is -0.322 e. The lowest BCUT2D eigenvalue weighted by molar-refractivity contribution is -0.115. The number of hydrogen-bond acceptors (Lipinski definition) is 3. The van der Waals surface area contributed by atoms with E-state index in [1.54, 1.807) is 11.8 Å². The molecule has 1 heterocycles. The van der Waals surface area contributed by atoms with E-state index in [9.17, 15) is 9.59 Å². The van der Waals surface area contributed by atoms with Crippen molar-refractivity contribution in [1.29, 1.82) is 0 Å². The van der Waals surface area contributed by atoms with Gasteiger partial charge in [0.15, 0.2) is 0 Å². The fourth-order valence-electron chi connectivity index (χ4n) is 4.33. The molecular weight excluding hydrogens is 428 g/mol. The van der Waals surface area contributed by atoms with Crippen LogP contribution in [0.25, 0.3) is 10.8 Å². The van der Waals surface area contributed by atoms with Crippen molar-refractivity contribution in [1.82, 2.24) is 0 Å². The highest BCUT2D eigenvalue weighted by molar-refractivity contribution is 8.00. The lowest BCUT2D eigenvalue weighted by Crippen LogP contribution is -2.28. The summed E-state index contributed by atoms with van der Waals surface area (Å²) in [4.78, 5) is 27.6. The minimum atomic E-state index is -0.136. The Hall–Kier alpha value is -3.57. The Morgan fingerprint density at radius 2 is 1.67 bits per heavy atom. The van der Waals surface area contributed by atoms with Crippen LogP contribution in [0.4, 0.5) is 11.4 Å². The summed E-state index contributed by atoms with van der Waals surface area (Å²) >= 11 is 1.63. The van der Waals surface area contributed by atoms with Gasteiger partial charge in [0.1, 0.15) is 5.37 Å². The van der Waals surface area contributed by atoms with E-state index in [0.29, 0.717) is 11.3 Å². The SMILES string of the molecule is CCc1ccccc1N1C(=O)CS[C@H]1c1ccc(NC(=O)c2cccc3ccccc23)cc1. The van der Waals surface area contributed by atoms with Gasteiger partial charge in [-0.3, -0.25) is 14.5 Å². The molecule has 1 N–H and O–H groups in total. The maximum atomic E-state index is 13.0. The van der Waals surface area contributed by atoms with E-state index in [1.807, 2.05) is 89.8 Å². The van der Waals surface area contributed by atoms with Crippen LogP contribution in [0.15, 0.2) is 91.0 Å². The zero-order chi connectivity index (χ0) is 22.8. The van der Waals surface area contributed by atoms with Crippen molar-refractivity contribution in [2.75, 3.05) is 16.0 Å². The number of hydrogen-bond donors (Lipinski definition) is 1. The molecule has 4 aromatic rings. The summed E-state index contributed by atoms with van der Waals surface area (Å²) < 4.78 is 0. The molecule has 5 heteroatoms. The van der Waals surface area contributed by atoms with Crippen molar-refractivity contribution in [3.05, 3.63) is 108 Å². The first-order valence-electron chi connectivity index (χ1n) is 11.1. The molecule has 5 rings (SSSR count). The van der Waals surface area contributed by atoms with Crippen LogP contribution in [0.5, 0.6) is 0 Å². The van der Waals surface area contributed by atoms with Crippen LogP contribution in [-0.4, -0.2) is 17.6 Å². The third kappa shape index (κ3) is 4.12. The number of para-hydroxylation sites is 1. The molecule has 4 nitrogen and oxygen atoms in total. The van der Waals surface area contributed by atoms with E-state index < -0.39 is 0 Å². The Labute approximate surface area is 197 Å². The number of nitrogens with zero attached hydrogens (tertiary/aromatic N) is 1. The molecule has 0 aliphatic carbocycles. The monoisotopic (exact) mass is 452 g/mol. The van der Waals surface area contributed by atoms with Gasteiger partial charge < -0.3 is 5.32 Å². The topological polar surface area (TPSA) is 49.4 Å². The molecule has 0 saturated carbocycles. The standard InChI is InChI=1S/C28H24N2O2S/c1-2-19-8-4-6-13-25(19)30-26(31)18-33-28(30)21-14-16-22(17-15-21)29-27(32)24-12-7-10-20-9-3-5-11-23(20)24/h3-17,28H,2,18H2,1H3,(H,29,32)/t28-/m0/s1. The van der Waals surface area contributed by atoms with Crippen LogP contribution < -0.4 is 10.2 Å². The summed E-state index contributed by atoms with van der Waals surface area (Å²) in [6.45, 7) is 2.11. The van der Waals surface area contributed by atoms with Gasteiger partial charge in [-0.15, -0.1) is 11.8 Å². The summed E-state index contributed by atoms with van der Waals surface area (Å²) in [5, 5.41) is 4.90. The Kier molecular flexibility index (Phi) is 5.88. The molecule has 0 unspecified atom stereocenters. The van der Waals surface area contributed by atoms with E-state index in [0.717, 1.165) is 39.7 Å². The molecule has 0 bridgehead atoms. The van der Waals surface area contributed by atoms with E-state index >= 15 is 0 Å². The normalized spacial score (nSPS) is 15.7. The Balaban J connectivity index is 1.38. The molecule has 33 heavy (non-hydrogen) atoms. The third-order valence-corrected chi connectivity index (χ3v) is 7.20. The zero-order valence-electron chi connectivity index (χ0n) is 18.3. The van der Waals surface area contributed by atoms with Crippen LogP contribution in [0.3, 0.4) is 0 Å². The lowest BCUT2D eigenvalue weighted by atomic mass is 10.0. The van der Waals surface area contributed by atoms with E-state index in [-0.39, 0.29) is 17.2 Å². The molecule has 1 saturated heterocycles. The number of anilines is 2. The fourth-order valence-corrected chi connectivity index (χ4v) is 5.50. The smallest absolute Gasteiger partial charge is 0.256 e. The van der Waals surface area contributed by atoms with Gasteiger partial charge in [0, 0.05) is 16.9 Å². The van der Waals surface area contributed by atoms with Crippen molar-refractivity contribution < 1.29 is 9.59 Å². The second kappa shape index (κ2) is 9.12. The second-order valence-corrected chi connectivity index (χ2v) is 9.08. The quantitative estimate of drug-likeness (QED) is 0.379. The largest absolute Gasteiger partial charge is 0.322 e.